The summed E-state index contributed by atoms with van der Waals surface area (Å²) in [7, 11) is 0. The number of rotatable bonds is 5. The molecule has 0 aliphatic heterocycles. The molecule has 0 saturated carbocycles. The molecule has 296 valence electrons. The molecular weight excluding hydrogens is 787 g/mol. The van der Waals surface area contributed by atoms with Crippen LogP contribution < -0.4 is 0 Å². The summed E-state index contributed by atoms with van der Waals surface area (Å²) in [4.78, 5) is 16.2. The minimum Gasteiger partial charge on any atom is -0.456 e. The highest BCUT2D eigenvalue weighted by molar-refractivity contribution is 7.25. The smallest absolute Gasteiger partial charge is 0.164 e. The fraction of sp³-hybridized carbons (Fsp3) is 0.0517. The lowest BCUT2D eigenvalue weighted by atomic mass is 9.82. The first-order valence-corrected chi connectivity index (χ1v) is 22.4. The van der Waals surface area contributed by atoms with Crippen molar-refractivity contribution in [3.63, 3.8) is 0 Å². The van der Waals surface area contributed by atoms with E-state index in [-0.39, 0.29) is 5.92 Å². The van der Waals surface area contributed by atoms with Crippen LogP contribution in [-0.2, 0) is 6.42 Å². The van der Waals surface area contributed by atoms with Crippen LogP contribution in [-0.4, -0.2) is 15.0 Å². The lowest BCUT2D eigenvalue weighted by Gasteiger charge is -2.22. The van der Waals surface area contributed by atoms with E-state index < -0.39 is 0 Å². The predicted octanol–water partition coefficient (Wildman–Crippen LogP) is 15.7. The second-order valence-corrected chi connectivity index (χ2v) is 17.7. The largest absolute Gasteiger partial charge is 0.456 e. The number of para-hydroxylation sites is 1. The topological polar surface area (TPSA) is 51.8 Å². The molecule has 13 rings (SSSR count). The van der Waals surface area contributed by atoms with Gasteiger partial charge in [-0.1, -0.05) is 140 Å². The summed E-state index contributed by atoms with van der Waals surface area (Å²) in [6.07, 6.45) is 1.85. The van der Waals surface area contributed by atoms with Crippen LogP contribution in [0.5, 0.6) is 0 Å². The molecule has 1 unspecified atom stereocenters. The Morgan fingerprint density at radius 2 is 1.08 bits per heavy atom. The minimum absolute atomic E-state index is 0.0448. The highest BCUT2D eigenvalue weighted by Gasteiger charge is 2.29. The van der Waals surface area contributed by atoms with Crippen LogP contribution in [0.1, 0.15) is 29.0 Å². The molecule has 3 aromatic heterocycles. The van der Waals surface area contributed by atoms with E-state index in [2.05, 4.69) is 188 Å². The zero-order valence-corrected chi connectivity index (χ0v) is 34.9. The van der Waals surface area contributed by atoms with E-state index in [1.807, 2.05) is 17.4 Å². The van der Waals surface area contributed by atoms with Crippen LogP contribution >= 0.6 is 11.3 Å². The normalized spacial score (nSPS) is 13.7. The van der Waals surface area contributed by atoms with E-state index in [1.165, 1.54) is 58.8 Å². The summed E-state index contributed by atoms with van der Waals surface area (Å²) in [5.74, 6) is 1.92. The molecule has 4 nitrogen and oxygen atoms in total. The minimum atomic E-state index is 0.0448. The van der Waals surface area contributed by atoms with Crippen molar-refractivity contribution in [3.05, 3.63) is 211 Å². The quantitative estimate of drug-likeness (QED) is 0.173. The number of hydrogen-bond donors (Lipinski definition) is 0. The van der Waals surface area contributed by atoms with E-state index in [0.717, 1.165) is 62.6 Å². The van der Waals surface area contributed by atoms with Crippen molar-refractivity contribution in [1.29, 1.82) is 0 Å². The van der Waals surface area contributed by atoms with Gasteiger partial charge in [0.2, 0.25) is 0 Å². The number of aryl methyl sites for hydroxylation is 1. The lowest BCUT2D eigenvalue weighted by molar-refractivity contribution is 0.668. The molecule has 12 aromatic rings. The van der Waals surface area contributed by atoms with E-state index in [0.29, 0.717) is 17.5 Å². The van der Waals surface area contributed by atoms with Gasteiger partial charge in [0, 0.05) is 53.6 Å². The zero-order chi connectivity index (χ0) is 41.4. The average molecular weight is 824 g/mol. The van der Waals surface area contributed by atoms with Crippen LogP contribution in [0, 0.1) is 0 Å². The Morgan fingerprint density at radius 3 is 1.97 bits per heavy atom. The maximum absolute atomic E-state index is 6.65. The Morgan fingerprint density at radius 1 is 0.397 bits per heavy atom. The summed E-state index contributed by atoms with van der Waals surface area (Å²) in [5, 5.41) is 7.16. The number of thiophene rings is 1. The van der Waals surface area contributed by atoms with E-state index in [9.17, 15) is 0 Å². The van der Waals surface area contributed by atoms with Gasteiger partial charge < -0.3 is 4.42 Å². The van der Waals surface area contributed by atoms with Crippen molar-refractivity contribution in [2.24, 2.45) is 0 Å². The number of aromatic nitrogens is 3. The Balaban J connectivity index is 1.06. The number of furan rings is 1. The van der Waals surface area contributed by atoms with E-state index in [1.54, 1.807) is 0 Å². The Kier molecular flexibility index (Phi) is 8.25. The van der Waals surface area contributed by atoms with Gasteiger partial charge >= 0.3 is 0 Å². The van der Waals surface area contributed by atoms with Gasteiger partial charge in [-0.15, -0.1) is 11.3 Å². The fourth-order valence-corrected chi connectivity index (χ4v) is 11.0. The second-order valence-electron chi connectivity index (χ2n) is 16.6. The van der Waals surface area contributed by atoms with Gasteiger partial charge in [-0.05, 0) is 117 Å². The zero-order valence-electron chi connectivity index (χ0n) is 34.1. The first-order chi connectivity index (χ1) is 31.2. The van der Waals surface area contributed by atoms with Gasteiger partial charge in [0.1, 0.15) is 11.2 Å². The molecule has 0 spiro atoms. The number of benzene rings is 9. The lowest BCUT2D eigenvalue weighted by Crippen LogP contribution is -2.07. The second kappa shape index (κ2) is 14.4. The molecule has 0 N–H and O–H groups in total. The van der Waals surface area contributed by atoms with Crippen LogP contribution in [0.4, 0.5) is 0 Å². The summed E-state index contributed by atoms with van der Waals surface area (Å²) in [6, 6.07) is 69.7. The third kappa shape index (κ3) is 6.07. The molecule has 1 aliphatic carbocycles. The van der Waals surface area contributed by atoms with Crippen molar-refractivity contribution >= 4 is 64.2 Å². The SMILES string of the molecule is c1ccc(-c2cccc(-c3nc(-c4ccc5sc6ccccc6c5c4)nc(-c4cc5oc6ccccc6c5cc4C4CCc5cc6ccccc6cc5-c5ccccc54)n3)c2)cc1. The third-order valence-corrected chi connectivity index (χ3v) is 14.1. The highest BCUT2D eigenvalue weighted by atomic mass is 32.1. The molecule has 9 aromatic carbocycles. The molecule has 1 atom stereocenters. The molecule has 0 amide bonds. The number of fused-ring (bicyclic) bond motifs is 10. The molecule has 0 fully saturated rings. The molecule has 63 heavy (non-hydrogen) atoms. The molecular formula is C58H37N3OS. The van der Waals surface area contributed by atoms with Gasteiger partial charge in [0.05, 0.1) is 0 Å². The molecule has 5 heteroatoms. The summed E-state index contributed by atoms with van der Waals surface area (Å²) < 4.78 is 9.16. The molecule has 0 saturated heterocycles. The maximum atomic E-state index is 6.65. The Hall–Kier alpha value is -7.73. The van der Waals surface area contributed by atoms with Gasteiger partial charge in [-0.25, -0.2) is 15.0 Å². The number of nitrogens with zero attached hydrogens (tertiary/aromatic N) is 3. The molecule has 0 radical (unpaired) electrons. The van der Waals surface area contributed by atoms with Crippen LogP contribution in [0.3, 0.4) is 0 Å². The molecule has 0 bridgehead atoms. The van der Waals surface area contributed by atoms with E-state index >= 15 is 0 Å². The van der Waals surface area contributed by atoms with Crippen LogP contribution in [0.25, 0.3) is 109 Å². The maximum Gasteiger partial charge on any atom is 0.164 e. The van der Waals surface area contributed by atoms with Crippen molar-refractivity contribution in [2.45, 2.75) is 18.8 Å². The Bertz CT molecular complexity index is 3770. The van der Waals surface area contributed by atoms with Crippen molar-refractivity contribution < 1.29 is 4.42 Å². The number of hydrogen-bond acceptors (Lipinski definition) is 5. The summed E-state index contributed by atoms with van der Waals surface area (Å²) >= 11 is 1.81. The standard InChI is InChI=1S/C58H37N3OS/c1-2-13-35(14-3-1)36-17-12-18-40(30-36)56-59-57(41-26-28-55-50(32-41)46-22-9-11-24-54(46)63-55)61-58(60-56)51-34-53-49(45-21-8-10-23-52(45)62-53)33-48(51)44-27-25-39-29-37-15-4-5-16-38(37)31-47(39)43-20-7-6-19-42(43)44/h1-24,26,28-34,44H,25,27H2. The first kappa shape index (κ1) is 36.0. The third-order valence-electron chi connectivity index (χ3n) is 13.0. The monoisotopic (exact) mass is 823 g/mol. The van der Waals surface area contributed by atoms with Gasteiger partial charge in [-0.3, -0.25) is 0 Å². The van der Waals surface area contributed by atoms with Gasteiger partial charge in [0.25, 0.3) is 0 Å². The van der Waals surface area contributed by atoms with Gasteiger partial charge in [0.15, 0.2) is 17.5 Å². The Labute approximate surface area is 367 Å². The van der Waals surface area contributed by atoms with Crippen LogP contribution in [0.15, 0.2) is 199 Å². The summed E-state index contributed by atoms with van der Waals surface area (Å²) in [6.45, 7) is 0. The first-order valence-electron chi connectivity index (χ1n) is 21.6. The van der Waals surface area contributed by atoms with Crippen molar-refractivity contribution in [2.75, 3.05) is 0 Å². The fourth-order valence-electron chi connectivity index (χ4n) is 9.93. The van der Waals surface area contributed by atoms with E-state index in [4.69, 9.17) is 19.4 Å². The predicted molar refractivity (Wildman–Crippen MR) is 261 cm³/mol. The molecule has 1 aliphatic rings. The van der Waals surface area contributed by atoms with Gasteiger partial charge in [-0.2, -0.15) is 0 Å². The molecule has 3 heterocycles. The van der Waals surface area contributed by atoms with Crippen molar-refractivity contribution in [3.8, 4) is 56.4 Å². The highest BCUT2D eigenvalue weighted by Crippen LogP contribution is 2.47. The summed E-state index contributed by atoms with van der Waals surface area (Å²) in [5.41, 5.74) is 13.2. The average Bonchev–Trinajstić information content (AvgIpc) is 3.86. The van der Waals surface area contributed by atoms with Crippen molar-refractivity contribution in [1.82, 2.24) is 15.0 Å². The van der Waals surface area contributed by atoms with Crippen LogP contribution in [0.2, 0.25) is 0 Å².